The Morgan fingerprint density at radius 1 is 1.00 bits per heavy atom. The van der Waals surface area contributed by atoms with Crippen molar-refractivity contribution in [2.45, 2.75) is 38.6 Å². The minimum Gasteiger partial charge on any atom is -0.293 e. The molecule has 0 amide bonds. The lowest BCUT2D eigenvalue weighted by Gasteiger charge is -2.44. The second-order valence-corrected chi connectivity index (χ2v) is 6.79. The highest BCUT2D eigenvalue weighted by Gasteiger charge is 2.47. The number of fused-ring (bicyclic) bond motifs is 5. The summed E-state index contributed by atoms with van der Waals surface area (Å²) in [6.45, 7) is 5.66. The minimum atomic E-state index is 0.112. The molecule has 4 rings (SSSR count). The average Bonchev–Trinajstić information content (AvgIpc) is 2.75. The monoisotopic (exact) mass is 277 g/mol. The van der Waals surface area contributed by atoms with Crippen LogP contribution in [0.5, 0.6) is 0 Å². The van der Waals surface area contributed by atoms with Gasteiger partial charge in [-0.3, -0.25) is 4.90 Å². The Bertz CT molecular complexity index is 716. The minimum absolute atomic E-state index is 0.112. The van der Waals surface area contributed by atoms with Crippen LogP contribution in [0, 0.1) is 13.8 Å². The van der Waals surface area contributed by atoms with E-state index in [4.69, 9.17) is 0 Å². The van der Waals surface area contributed by atoms with Crippen molar-refractivity contribution >= 4 is 0 Å². The number of rotatable bonds is 0. The van der Waals surface area contributed by atoms with Gasteiger partial charge in [0.15, 0.2) is 0 Å². The molecule has 1 heterocycles. The number of hydrogen-bond donors (Lipinski definition) is 0. The Labute approximate surface area is 127 Å². The zero-order valence-corrected chi connectivity index (χ0v) is 13.2. The van der Waals surface area contributed by atoms with E-state index in [0.29, 0.717) is 0 Å². The van der Waals surface area contributed by atoms with E-state index in [1.165, 1.54) is 59.2 Å². The van der Waals surface area contributed by atoms with Gasteiger partial charge in [-0.25, -0.2) is 0 Å². The summed E-state index contributed by atoms with van der Waals surface area (Å²) in [5.41, 5.74) is 8.91. The smallest absolute Gasteiger partial charge is 0.0725 e. The summed E-state index contributed by atoms with van der Waals surface area (Å²) >= 11 is 0. The van der Waals surface area contributed by atoms with Gasteiger partial charge in [0.25, 0.3) is 0 Å². The largest absolute Gasteiger partial charge is 0.293 e. The van der Waals surface area contributed by atoms with Crippen molar-refractivity contribution in [3.8, 4) is 11.1 Å². The first-order valence-electron chi connectivity index (χ1n) is 8.07. The zero-order valence-electron chi connectivity index (χ0n) is 13.2. The van der Waals surface area contributed by atoms with Crippen LogP contribution in [0.2, 0.25) is 0 Å². The topological polar surface area (TPSA) is 3.24 Å². The molecule has 2 aromatic rings. The summed E-state index contributed by atoms with van der Waals surface area (Å²) in [4.78, 5) is 2.60. The summed E-state index contributed by atoms with van der Waals surface area (Å²) in [7, 11) is 2.31. The van der Waals surface area contributed by atoms with Crippen LogP contribution >= 0.6 is 0 Å². The van der Waals surface area contributed by atoms with Crippen LogP contribution in [-0.4, -0.2) is 18.5 Å². The Morgan fingerprint density at radius 2 is 1.86 bits per heavy atom. The predicted molar refractivity (Wildman–Crippen MR) is 88.6 cm³/mol. The Morgan fingerprint density at radius 3 is 2.67 bits per heavy atom. The van der Waals surface area contributed by atoms with Gasteiger partial charge in [0.2, 0.25) is 0 Å². The average molecular weight is 277 g/mol. The van der Waals surface area contributed by atoms with E-state index in [2.05, 4.69) is 62.2 Å². The van der Waals surface area contributed by atoms with E-state index in [0.717, 1.165) is 0 Å². The first-order valence-corrected chi connectivity index (χ1v) is 8.07. The van der Waals surface area contributed by atoms with E-state index < -0.39 is 0 Å². The second kappa shape index (κ2) is 4.45. The molecular weight excluding hydrogens is 254 g/mol. The molecule has 108 valence electrons. The molecule has 0 radical (unpaired) electrons. The van der Waals surface area contributed by atoms with Crippen molar-refractivity contribution in [1.82, 2.24) is 4.90 Å². The number of likely N-dealkylation sites (tertiary alicyclic amines) is 1. The molecule has 1 atom stereocenters. The summed E-state index contributed by atoms with van der Waals surface area (Å²) in [6, 6.07) is 13.9. The molecule has 0 aromatic heterocycles. The molecule has 2 aliphatic rings. The van der Waals surface area contributed by atoms with Crippen molar-refractivity contribution in [2.75, 3.05) is 13.6 Å². The van der Waals surface area contributed by atoms with Crippen LogP contribution in [0.25, 0.3) is 11.1 Å². The highest BCUT2D eigenvalue weighted by atomic mass is 15.2. The van der Waals surface area contributed by atoms with Crippen molar-refractivity contribution in [2.24, 2.45) is 0 Å². The lowest BCUT2D eigenvalue weighted by Crippen LogP contribution is -2.46. The van der Waals surface area contributed by atoms with Gasteiger partial charge in [0, 0.05) is 0 Å². The number of hydrogen-bond acceptors (Lipinski definition) is 1. The second-order valence-electron chi connectivity index (χ2n) is 6.79. The third-order valence-corrected chi connectivity index (χ3v) is 5.54. The van der Waals surface area contributed by atoms with Gasteiger partial charge in [-0.05, 0) is 74.5 Å². The van der Waals surface area contributed by atoms with Gasteiger partial charge in [-0.15, -0.1) is 0 Å². The van der Waals surface area contributed by atoms with E-state index in [-0.39, 0.29) is 5.54 Å². The molecule has 1 unspecified atom stereocenters. The fourth-order valence-electron chi connectivity index (χ4n) is 4.53. The van der Waals surface area contributed by atoms with E-state index in [9.17, 15) is 0 Å². The van der Waals surface area contributed by atoms with Gasteiger partial charge >= 0.3 is 0 Å². The van der Waals surface area contributed by atoms with Crippen LogP contribution in [0.15, 0.2) is 36.4 Å². The maximum absolute atomic E-state index is 2.60. The van der Waals surface area contributed by atoms with Gasteiger partial charge < -0.3 is 0 Å². The number of benzene rings is 2. The molecular formula is C20H23N. The normalized spacial score (nSPS) is 24.1. The van der Waals surface area contributed by atoms with Gasteiger partial charge in [0.05, 0.1) is 5.54 Å². The summed E-state index contributed by atoms with van der Waals surface area (Å²) in [5, 5.41) is 0. The predicted octanol–water partition coefficient (Wildman–Crippen LogP) is 4.64. The maximum Gasteiger partial charge on any atom is 0.0725 e. The van der Waals surface area contributed by atoms with Crippen molar-refractivity contribution in [3.05, 3.63) is 58.7 Å². The van der Waals surface area contributed by atoms with Gasteiger partial charge in [0.1, 0.15) is 0 Å². The first kappa shape index (κ1) is 13.1. The highest BCUT2D eigenvalue weighted by molar-refractivity contribution is 5.83. The summed E-state index contributed by atoms with van der Waals surface area (Å²) < 4.78 is 0. The first-order chi connectivity index (χ1) is 10.1. The maximum atomic E-state index is 2.60. The van der Waals surface area contributed by atoms with Gasteiger partial charge in [-0.2, -0.15) is 0 Å². The molecule has 1 saturated heterocycles. The molecule has 0 saturated carbocycles. The number of piperidine rings is 1. The van der Waals surface area contributed by atoms with Gasteiger partial charge in [-0.1, -0.05) is 42.0 Å². The zero-order chi connectivity index (χ0) is 14.6. The molecule has 1 heteroatoms. The van der Waals surface area contributed by atoms with E-state index >= 15 is 0 Å². The standard InChI is InChI=1S/C20H23N/c1-14-9-10-16-18(13-14)20(11-4-5-12-21(20)3)17-8-6-7-15(2)19(16)17/h6-10,13H,4-5,11-12H2,1-3H3. The van der Waals surface area contributed by atoms with Crippen LogP contribution in [0.3, 0.4) is 0 Å². The molecule has 0 bridgehead atoms. The fourth-order valence-corrected chi connectivity index (χ4v) is 4.53. The van der Waals surface area contributed by atoms with Crippen LogP contribution in [0.4, 0.5) is 0 Å². The Hall–Kier alpha value is -1.60. The number of aryl methyl sites for hydroxylation is 2. The highest BCUT2D eigenvalue weighted by Crippen LogP contribution is 2.55. The molecule has 1 spiro atoms. The van der Waals surface area contributed by atoms with Crippen LogP contribution in [0.1, 0.15) is 41.5 Å². The molecule has 0 N–H and O–H groups in total. The third kappa shape index (κ3) is 1.61. The lowest BCUT2D eigenvalue weighted by molar-refractivity contribution is 0.113. The fraction of sp³-hybridized carbons (Fsp3) is 0.400. The lowest BCUT2D eigenvalue weighted by atomic mass is 9.78. The molecule has 1 aliphatic carbocycles. The molecule has 2 aromatic carbocycles. The van der Waals surface area contributed by atoms with Crippen LogP contribution in [-0.2, 0) is 5.54 Å². The Kier molecular flexibility index (Phi) is 2.77. The summed E-state index contributed by atoms with van der Waals surface area (Å²) in [5.74, 6) is 0. The SMILES string of the molecule is Cc1ccc2c(c1)C1(CCCCN1C)c1cccc(C)c1-2. The van der Waals surface area contributed by atoms with E-state index in [1.807, 2.05) is 0 Å². The van der Waals surface area contributed by atoms with Crippen molar-refractivity contribution in [3.63, 3.8) is 0 Å². The van der Waals surface area contributed by atoms with E-state index in [1.54, 1.807) is 0 Å². The summed E-state index contributed by atoms with van der Waals surface area (Å²) in [6.07, 6.45) is 3.89. The third-order valence-electron chi connectivity index (χ3n) is 5.54. The Balaban J connectivity index is 2.09. The van der Waals surface area contributed by atoms with Crippen molar-refractivity contribution in [1.29, 1.82) is 0 Å². The molecule has 21 heavy (non-hydrogen) atoms. The number of nitrogens with zero attached hydrogens (tertiary/aromatic N) is 1. The molecule has 1 aliphatic heterocycles. The van der Waals surface area contributed by atoms with Crippen molar-refractivity contribution < 1.29 is 0 Å². The molecule has 1 nitrogen and oxygen atoms in total. The quantitative estimate of drug-likeness (QED) is 0.678. The van der Waals surface area contributed by atoms with Crippen LogP contribution < -0.4 is 0 Å². The molecule has 1 fully saturated rings.